The zero-order valence-corrected chi connectivity index (χ0v) is 30.5. The molecular formula is C38H48ClN3O6S. The normalized spacial score (nSPS) is 24.2. The number of allylic oxidation sites excluding steroid dienone is 1. The van der Waals surface area contributed by atoms with Crippen LogP contribution in [0.5, 0.6) is 5.75 Å². The van der Waals surface area contributed by atoms with E-state index in [-0.39, 0.29) is 40.8 Å². The van der Waals surface area contributed by atoms with Crippen molar-refractivity contribution in [2.24, 2.45) is 22.1 Å². The van der Waals surface area contributed by atoms with Crippen LogP contribution >= 0.6 is 11.6 Å². The van der Waals surface area contributed by atoms with Crippen molar-refractivity contribution in [1.82, 2.24) is 4.72 Å². The molecule has 3 aliphatic rings. The highest BCUT2D eigenvalue weighted by molar-refractivity contribution is 7.93. The topological polar surface area (TPSA) is 114 Å². The number of rotatable bonds is 11. The molecule has 49 heavy (non-hydrogen) atoms. The lowest BCUT2D eigenvalue weighted by molar-refractivity contribution is -0.149. The number of esters is 1. The average Bonchev–Trinajstić information content (AvgIpc) is 3.18. The smallest absolute Gasteiger partial charge is 0.303 e. The summed E-state index contributed by atoms with van der Waals surface area (Å²) in [7, 11) is -3.46. The van der Waals surface area contributed by atoms with E-state index in [0.717, 1.165) is 37.8 Å². The van der Waals surface area contributed by atoms with Crippen LogP contribution in [0.3, 0.4) is 0 Å². The van der Waals surface area contributed by atoms with Gasteiger partial charge in [-0.2, -0.15) is 0 Å². The fourth-order valence-electron chi connectivity index (χ4n) is 7.64. The number of hydrogen-bond donors (Lipinski definition) is 1. The highest BCUT2D eigenvalue weighted by atomic mass is 35.5. The fourth-order valence-corrected chi connectivity index (χ4v) is 9.73. The van der Waals surface area contributed by atoms with E-state index < -0.39 is 27.0 Å². The Bertz CT molecular complexity index is 1750. The van der Waals surface area contributed by atoms with Gasteiger partial charge < -0.3 is 14.4 Å². The van der Waals surface area contributed by atoms with Gasteiger partial charge in [0.15, 0.2) is 0 Å². The average molecular weight is 710 g/mol. The van der Waals surface area contributed by atoms with E-state index in [4.69, 9.17) is 21.1 Å². The Morgan fingerprint density at radius 1 is 1.18 bits per heavy atom. The minimum atomic E-state index is -3.46. The summed E-state index contributed by atoms with van der Waals surface area (Å²) in [5.74, 6) is -0.731. The zero-order valence-electron chi connectivity index (χ0n) is 28.9. The molecular weight excluding hydrogens is 662 g/mol. The standard InChI is InChI=1S/C38H48ClN3O6S/c1-7-10-24(3)25(4)49(46,40-26(5)43)41-37(45)29-13-17-36-34(20-29)42(21-30-12-15-32(30)35(8-2)48-27(6)44)22-38(23-47-36)18-9-11-28-19-31(39)14-16-33(28)38/h7-8,13-14,16-17,19-20,24-25,30,32,35H,1-2,9-12,15,18,21-23H2,3-6H3,(H,40,41,43,45,46)/t24-,25+,30-,32+,35-,38-,49?/m0/s1. The Morgan fingerprint density at radius 2 is 1.96 bits per heavy atom. The van der Waals surface area contributed by atoms with Gasteiger partial charge in [-0.05, 0) is 98.7 Å². The van der Waals surface area contributed by atoms with E-state index in [1.807, 2.05) is 13.0 Å². The van der Waals surface area contributed by atoms with Gasteiger partial charge in [-0.25, -0.2) is 4.21 Å². The van der Waals surface area contributed by atoms with Crippen LogP contribution in [0.2, 0.25) is 5.02 Å². The number of carbonyl (C=O) groups is 3. The first-order valence-electron chi connectivity index (χ1n) is 17.1. The van der Waals surface area contributed by atoms with E-state index in [9.17, 15) is 18.6 Å². The van der Waals surface area contributed by atoms with Crippen molar-refractivity contribution in [3.8, 4) is 5.75 Å². The van der Waals surface area contributed by atoms with Crippen LogP contribution in [0.4, 0.5) is 5.69 Å². The molecule has 1 saturated carbocycles. The van der Waals surface area contributed by atoms with Gasteiger partial charge in [0, 0.05) is 48.9 Å². The van der Waals surface area contributed by atoms with Gasteiger partial charge in [0.05, 0.1) is 17.5 Å². The maximum absolute atomic E-state index is 14.1. The third kappa shape index (κ3) is 7.91. The van der Waals surface area contributed by atoms with Crippen LogP contribution < -0.4 is 14.4 Å². The lowest BCUT2D eigenvalue weighted by atomic mass is 9.68. The van der Waals surface area contributed by atoms with Gasteiger partial charge in [-0.3, -0.25) is 19.1 Å². The number of anilines is 1. The third-order valence-corrected chi connectivity index (χ3v) is 13.2. The summed E-state index contributed by atoms with van der Waals surface area (Å²) in [6.07, 6.45) is 8.31. The number of nitrogens with one attached hydrogen (secondary N) is 1. The van der Waals surface area contributed by atoms with Crippen molar-refractivity contribution in [2.45, 2.75) is 83.0 Å². The van der Waals surface area contributed by atoms with Crippen LogP contribution in [-0.2, 0) is 36.1 Å². The lowest BCUT2D eigenvalue weighted by Crippen LogP contribution is -2.49. The van der Waals surface area contributed by atoms with Crippen molar-refractivity contribution in [2.75, 3.05) is 24.6 Å². The molecule has 2 aliphatic carbocycles. The molecule has 2 aromatic rings. The predicted molar refractivity (Wildman–Crippen MR) is 194 cm³/mol. The summed E-state index contributed by atoms with van der Waals surface area (Å²) in [5.41, 5.74) is 3.11. The van der Waals surface area contributed by atoms with Crippen LogP contribution in [-0.4, -0.2) is 53.0 Å². The van der Waals surface area contributed by atoms with Crippen LogP contribution in [0.25, 0.3) is 0 Å². The summed E-state index contributed by atoms with van der Waals surface area (Å²) >= 11 is 6.43. The number of nitrogens with zero attached hydrogens (tertiary/aromatic N) is 2. The van der Waals surface area contributed by atoms with Crippen molar-refractivity contribution >= 4 is 45.0 Å². The second kappa shape index (κ2) is 15.1. The van der Waals surface area contributed by atoms with Crippen molar-refractivity contribution < 1.29 is 28.1 Å². The second-order valence-electron chi connectivity index (χ2n) is 13.9. The zero-order chi connectivity index (χ0) is 35.5. The molecule has 1 fully saturated rings. The molecule has 11 heteroatoms. The van der Waals surface area contributed by atoms with Crippen LogP contribution in [0.1, 0.15) is 81.3 Å². The Morgan fingerprint density at radius 3 is 2.61 bits per heavy atom. The lowest BCUT2D eigenvalue weighted by Gasteiger charge is -2.45. The molecule has 9 nitrogen and oxygen atoms in total. The summed E-state index contributed by atoms with van der Waals surface area (Å²) in [6.45, 7) is 15.7. The molecule has 1 heterocycles. The summed E-state index contributed by atoms with van der Waals surface area (Å²) in [6, 6.07) is 11.3. The minimum Gasteiger partial charge on any atom is -0.490 e. The van der Waals surface area contributed by atoms with E-state index >= 15 is 0 Å². The first-order chi connectivity index (χ1) is 23.3. The predicted octanol–water partition coefficient (Wildman–Crippen LogP) is 7.22. The maximum atomic E-state index is 14.1. The monoisotopic (exact) mass is 709 g/mol. The first-order valence-corrected chi connectivity index (χ1v) is 19.0. The van der Waals surface area contributed by atoms with Gasteiger partial charge in [0.2, 0.25) is 5.91 Å². The molecule has 1 N–H and O–H groups in total. The molecule has 7 atom stereocenters. The van der Waals surface area contributed by atoms with Gasteiger partial charge in [-0.15, -0.1) is 10.9 Å². The summed E-state index contributed by atoms with van der Waals surface area (Å²) in [4.78, 5) is 40.1. The molecule has 1 spiro atoms. The highest BCUT2D eigenvalue weighted by Gasteiger charge is 2.44. The number of amides is 2. The van der Waals surface area contributed by atoms with Crippen molar-refractivity contribution in [3.05, 3.63) is 83.4 Å². The quantitative estimate of drug-likeness (QED) is 0.194. The molecule has 5 rings (SSSR count). The summed E-state index contributed by atoms with van der Waals surface area (Å²) < 4.78 is 33.0. The second-order valence-corrected chi connectivity index (χ2v) is 16.6. The molecule has 0 aromatic heterocycles. The van der Waals surface area contributed by atoms with Gasteiger partial charge in [0.25, 0.3) is 5.91 Å². The Balaban J connectivity index is 1.55. The molecule has 2 amide bonds. The molecule has 1 unspecified atom stereocenters. The number of carbonyl (C=O) groups excluding carboxylic acids is 3. The Labute approximate surface area is 295 Å². The van der Waals surface area contributed by atoms with Gasteiger partial charge >= 0.3 is 5.97 Å². The van der Waals surface area contributed by atoms with Crippen LogP contribution in [0.15, 0.2) is 66.1 Å². The third-order valence-electron chi connectivity index (χ3n) is 10.5. The number of hydrogen-bond acceptors (Lipinski definition) is 7. The first kappa shape index (κ1) is 36.6. The fraction of sp³-hybridized carbons (Fsp3) is 0.500. The highest BCUT2D eigenvalue weighted by Crippen LogP contribution is 2.47. The number of benzene rings is 2. The Kier molecular flexibility index (Phi) is 11.3. The van der Waals surface area contributed by atoms with Crippen molar-refractivity contribution in [3.63, 3.8) is 0 Å². The molecule has 0 saturated heterocycles. The number of ether oxygens (including phenoxy) is 2. The van der Waals surface area contributed by atoms with Gasteiger partial charge in [0.1, 0.15) is 21.8 Å². The largest absolute Gasteiger partial charge is 0.490 e. The van der Waals surface area contributed by atoms with E-state index in [0.29, 0.717) is 36.9 Å². The van der Waals surface area contributed by atoms with E-state index in [1.54, 1.807) is 37.3 Å². The minimum absolute atomic E-state index is 0.114. The molecule has 2 aromatic carbocycles. The number of halogens is 1. The SMILES string of the molecule is C=CC[C@H](C)[C@@H](C)S(=O)(=NC(=O)c1ccc2c(c1)N(C[C@@H]1CC[C@H]1[C@H](C=C)OC(C)=O)C[C@@]1(CCCc3cc(Cl)ccc31)CO2)NC(C)=O. The van der Waals surface area contributed by atoms with Crippen molar-refractivity contribution in [1.29, 1.82) is 0 Å². The molecule has 0 bridgehead atoms. The van der Waals surface area contributed by atoms with Crippen LogP contribution in [0, 0.1) is 17.8 Å². The maximum Gasteiger partial charge on any atom is 0.303 e. The number of aryl methyl sites for hydroxylation is 1. The number of fused-ring (bicyclic) bond motifs is 3. The van der Waals surface area contributed by atoms with E-state index in [2.05, 4.69) is 39.3 Å². The molecule has 0 radical (unpaired) electrons. The Hall–Kier alpha value is -3.63. The molecule has 1 aliphatic heterocycles. The van der Waals surface area contributed by atoms with Gasteiger partial charge in [-0.1, -0.05) is 43.3 Å². The summed E-state index contributed by atoms with van der Waals surface area (Å²) in [5, 5.41) is 0.101. The van der Waals surface area contributed by atoms with E-state index in [1.165, 1.54) is 25.0 Å². The molecule has 264 valence electrons.